The molecule has 3 rings (SSSR count). The van der Waals surface area contributed by atoms with Gasteiger partial charge in [-0.3, -0.25) is 0 Å². The van der Waals surface area contributed by atoms with Crippen LogP contribution in [0.25, 0.3) is 16.7 Å². The third kappa shape index (κ3) is 3.18. The van der Waals surface area contributed by atoms with Crippen molar-refractivity contribution >= 4 is 5.57 Å². The molecule has 20 heavy (non-hydrogen) atoms. The number of hydrogen-bond donors (Lipinski definition) is 0. The van der Waals surface area contributed by atoms with E-state index in [0.717, 1.165) is 36.8 Å². The molecule has 0 aliphatic heterocycles. The first-order valence-corrected chi connectivity index (χ1v) is 6.89. The molecule has 1 nitrogen and oxygen atoms in total. The van der Waals surface area contributed by atoms with Gasteiger partial charge in [0.05, 0.1) is 0 Å². The minimum atomic E-state index is 0. The number of allylic oxidation sites excluding steroid dienone is 2. The molecular formula is C18H17LiO. The van der Waals surface area contributed by atoms with Gasteiger partial charge in [-0.15, -0.1) is 5.76 Å². The summed E-state index contributed by atoms with van der Waals surface area (Å²) < 4.78 is 0. The fourth-order valence-corrected chi connectivity index (χ4v) is 2.68. The Balaban J connectivity index is 0.00000147. The minimum absolute atomic E-state index is 0. The van der Waals surface area contributed by atoms with Crippen LogP contribution >= 0.6 is 0 Å². The number of hydrogen-bond acceptors (Lipinski definition) is 1. The summed E-state index contributed by atoms with van der Waals surface area (Å²) in [6, 6.07) is 18.7. The van der Waals surface area contributed by atoms with Crippen LogP contribution < -0.4 is 24.0 Å². The Hall–Kier alpha value is -1.42. The number of rotatable bonds is 2. The van der Waals surface area contributed by atoms with Gasteiger partial charge in [-0.25, -0.2) is 0 Å². The van der Waals surface area contributed by atoms with Gasteiger partial charge in [-0.2, -0.15) is 0 Å². The first kappa shape index (κ1) is 15.0. The van der Waals surface area contributed by atoms with Crippen molar-refractivity contribution in [3.05, 3.63) is 65.9 Å². The Labute approximate surface area is 132 Å². The van der Waals surface area contributed by atoms with Gasteiger partial charge in [0.15, 0.2) is 0 Å². The van der Waals surface area contributed by atoms with Crippen molar-refractivity contribution in [2.45, 2.75) is 25.7 Å². The van der Waals surface area contributed by atoms with Gasteiger partial charge in [-0.1, -0.05) is 66.6 Å². The largest absolute Gasteiger partial charge is 1.00 e. The van der Waals surface area contributed by atoms with E-state index in [2.05, 4.69) is 36.4 Å². The second-order valence-corrected chi connectivity index (χ2v) is 5.05. The molecule has 0 N–H and O–H groups in total. The molecule has 0 saturated carbocycles. The van der Waals surface area contributed by atoms with E-state index in [1.807, 2.05) is 18.2 Å². The van der Waals surface area contributed by atoms with E-state index in [9.17, 15) is 5.11 Å². The van der Waals surface area contributed by atoms with Crippen LogP contribution in [0.15, 0.2) is 60.4 Å². The second kappa shape index (κ2) is 6.84. The van der Waals surface area contributed by atoms with Crippen molar-refractivity contribution < 1.29 is 24.0 Å². The molecule has 0 unspecified atom stereocenters. The molecule has 0 bridgehead atoms. The van der Waals surface area contributed by atoms with Crippen LogP contribution in [0, 0.1) is 0 Å². The van der Waals surface area contributed by atoms with E-state index in [0.29, 0.717) is 5.76 Å². The molecule has 96 valence electrons. The average Bonchev–Trinajstić information content (AvgIpc) is 2.49. The van der Waals surface area contributed by atoms with E-state index >= 15 is 0 Å². The second-order valence-electron chi connectivity index (χ2n) is 5.05. The maximum atomic E-state index is 11.9. The summed E-state index contributed by atoms with van der Waals surface area (Å²) in [4.78, 5) is 0. The molecule has 0 heterocycles. The summed E-state index contributed by atoms with van der Waals surface area (Å²) in [5.41, 5.74) is 4.54. The van der Waals surface area contributed by atoms with E-state index in [4.69, 9.17) is 0 Å². The Morgan fingerprint density at radius 2 is 1.20 bits per heavy atom. The average molecular weight is 256 g/mol. The minimum Gasteiger partial charge on any atom is -0.875 e. The molecule has 0 spiro atoms. The van der Waals surface area contributed by atoms with Crippen LogP contribution in [-0.2, 0) is 0 Å². The zero-order valence-electron chi connectivity index (χ0n) is 11.9. The van der Waals surface area contributed by atoms with Gasteiger partial charge in [0.2, 0.25) is 0 Å². The molecule has 0 amide bonds. The summed E-state index contributed by atoms with van der Waals surface area (Å²) in [6.07, 6.45) is 3.84. The zero-order valence-corrected chi connectivity index (χ0v) is 11.9. The monoisotopic (exact) mass is 256 g/mol. The molecule has 0 radical (unpaired) electrons. The standard InChI is InChI=1S/C18H18O.Li/c19-18-9-5-4-8-17(18)16-12-10-15(11-13-16)14-6-2-1-3-7-14;/h1-3,6-7,10-13,19H,4-5,8-9H2;/q;+1/p-1. The van der Waals surface area contributed by atoms with Gasteiger partial charge in [0.1, 0.15) is 0 Å². The SMILES string of the molecule is [Li+].[O-]C1=C(c2ccc(-c3ccccc3)cc2)CCCC1. The van der Waals surface area contributed by atoms with Crippen molar-refractivity contribution in [2.75, 3.05) is 0 Å². The van der Waals surface area contributed by atoms with Gasteiger partial charge in [0.25, 0.3) is 0 Å². The van der Waals surface area contributed by atoms with Crippen LogP contribution in [-0.4, -0.2) is 0 Å². The smallest absolute Gasteiger partial charge is 0.875 e. The normalized spacial score (nSPS) is 14.8. The molecular weight excluding hydrogens is 239 g/mol. The third-order valence-electron chi connectivity index (χ3n) is 3.76. The van der Waals surface area contributed by atoms with Crippen molar-refractivity contribution in [2.24, 2.45) is 0 Å². The maximum absolute atomic E-state index is 11.9. The quantitative estimate of drug-likeness (QED) is 0.735. The summed E-state index contributed by atoms with van der Waals surface area (Å²) in [7, 11) is 0. The van der Waals surface area contributed by atoms with Gasteiger partial charge >= 0.3 is 18.9 Å². The van der Waals surface area contributed by atoms with Crippen molar-refractivity contribution in [1.82, 2.24) is 0 Å². The van der Waals surface area contributed by atoms with Crippen LogP contribution in [0.5, 0.6) is 0 Å². The Morgan fingerprint density at radius 3 is 1.85 bits per heavy atom. The predicted molar refractivity (Wildman–Crippen MR) is 77.3 cm³/mol. The number of benzene rings is 2. The van der Waals surface area contributed by atoms with Crippen molar-refractivity contribution in [3.63, 3.8) is 0 Å². The Bertz CT molecular complexity index is 585. The van der Waals surface area contributed by atoms with Gasteiger partial charge in [0, 0.05) is 0 Å². The van der Waals surface area contributed by atoms with Crippen LogP contribution in [0.4, 0.5) is 0 Å². The molecule has 0 saturated heterocycles. The van der Waals surface area contributed by atoms with Crippen molar-refractivity contribution in [1.29, 1.82) is 0 Å². The predicted octanol–water partition coefficient (Wildman–Crippen LogP) is 1.00. The summed E-state index contributed by atoms with van der Waals surface area (Å²) in [5, 5.41) is 11.9. The maximum Gasteiger partial charge on any atom is 1.00 e. The van der Waals surface area contributed by atoms with Crippen LogP contribution in [0.2, 0.25) is 0 Å². The molecule has 2 heteroatoms. The first-order chi connectivity index (χ1) is 9.34. The topological polar surface area (TPSA) is 23.1 Å². The Morgan fingerprint density at radius 1 is 0.650 bits per heavy atom. The summed E-state index contributed by atoms with van der Waals surface area (Å²) in [5.74, 6) is 0.332. The van der Waals surface area contributed by atoms with E-state index in [-0.39, 0.29) is 18.9 Å². The van der Waals surface area contributed by atoms with Crippen LogP contribution in [0.3, 0.4) is 0 Å². The zero-order chi connectivity index (χ0) is 13.1. The van der Waals surface area contributed by atoms with E-state index in [1.54, 1.807) is 0 Å². The molecule has 0 fully saturated rings. The Kier molecular flexibility index (Phi) is 5.12. The molecule has 0 aromatic heterocycles. The van der Waals surface area contributed by atoms with E-state index in [1.165, 1.54) is 11.1 Å². The summed E-state index contributed by atoms with van der Waals surface area (Å²) >= 11 is 0. The molecule has 2 aromatic rings. The fraction of sp³-hybridized carbons (Fsp3) is 0.222. The van der Waals surface area contributed by atoms with Gasteiger partial charge in [-0.05, 0) is 36.0 Å². The third-order valence-corrected chi connectivity index (χ3v) is 3.76. The molecule has 0 atom stereocenters. The first-order valence-electron chi connectivity index (χ1n) is 6.89. The van der Waals surface area contributed by atoms with Gasteiger partial charge < -0.3 is 5.11 Å². The molecule has 2 aromatic carbocycles. The van der Waals surface area contributed by atoms with Crippen molar-refractivity contribution in [3.8, 4) is 11.1 Å². The summed E-state index contributed by atoms with van der Waals surface area (Å²) in [6.45, 7) is 0. The molecule has 1 aliphatic carbocycles. The molecule has 1 aliphatic rings. The van der Waals surface area contributed by atoms with Crippen LogP contribution in [0.1, 0.15) is 31.2 Å². The fourth-order valence-electron chi connectivity index (χ4n) is 2.68. The van der Waals surface area contributed by atoms with E-state index < -0.39 is 0 Å².